The minimum Gasteiger partial charge on any atom is -0.494 e. The normalized spacial score (nSPS) is 12.2. The van der Waals surface area contributed by atoms with E-state index in [0.29, 0.717) is 6.61 Å². The number of rotatable bonds is 6. The third-order valence-electron chi connectivity index (χ3n) is 3.49. The Kier molecular flexibility index (Phi) is 5.19. The summed E-state index contributed by atoms with van der Waals surface area (Å²) < 4.78 is 5.69. The predicted octanol–water partition coefficient (Wildman–Crippen LogP) is 3.64. The van der Waals surface area contributed by atoms with Crippen LogP contribution in [0.1, 0.15) is 23.1 Å². The molecule has 0 aliphatic carbocycles. The molecule has 0 aliphatic heterocycles. The summed E-state index contributed by atoms with van der Waals surface area (Å²) >= 11 is 0. The summed E-state index contributed by atoms with van der Waals surface area (Å²) in [5, 5.41) is 0. The van der Waals surface area contributed by atoms with Crippen molar-refractivity contribution in [3.8, 4) is 5.75 Å². The molecule has 106 valence electrons. The van der Waals surface area contributed by atoms with Crippen molar-refractivity contribution in [1.29, 1.82) is 0 Å². The van der Waals surface area contributed by atoms with Crippen LogP contribution in [0, 0.1) is 13.8 Å². The first-order chi connectivity index (χ1) is 9.65. The van der Waals surface area contributed by atoms with Gasteiger partial charge in [0.15, 0.2) is 0 Å². The number of benzene rings is 2. The maximum atomic E-state index is 6.21. The molecule has 2 heteroatoms. The van der Waals surface area contributed by atoms with Crippen LogP contribution in [0.2, 0.25) is 0 Å². The highest BCUT2D eigenvalue weighted by Crippen LogP contribution is 2.14. The fourth-order valence-electron chi connectivity index (χ4n) is 2.25. The van der Waals surface area contributed by atoms with Crippen molar-refractivity contribution in [3.05, 3.63) is 65.2 Å². The molecule has 0 radical (unpaired) electrons. The number of nitrogens with two attached hydrogens (primary N) is 1. The molecule has 0 heterocycles. The fraction of sp³-hybridized carbons (Fsp3) is 0.333. The zero-order valence-corrected chi connectivity index (χ0v) is 12.3. The Balaban J connectivity index is 1.80. The molecule has 1 unspecified atom stereocenters. The van der Waals surface area contributed by atoms with Gasteiger partial charge < -0.3 is 10.5 Å². The van der Waals surface area contributed by atoms with Crippen molar-refractivity contribution in [1.82, 2.24) is 0 Å². The molecule has 1 atom stereocenters. The molecular weight excluding hydrogens is 246 g/mol. The van der Waals surface area contributed by atoms with Gasteiger partial charge in [-0.25, -0.2) is 0 Å². The Bertz CT molecular complexity index is 536. The van der Waals surface area contributed by atoms with Crippen molar-refractivity contribution >= 4 is 0 Å². The second-order valence-corrected chi connectivity index (χ2v) is 5.34. The summed E-state index contributed by atoms with van der Waals surface area (Å²) in [6.07, 6.45) is 1.77. The van der Waals surface area contributed by atoms with Gasteiger partial charge in [0.25, 0.3) is 0 Å². The molecule has 2 aromatic rings. The molecule has 0 fully saturated rings. The van der Waals surface area contributed by atoms with E-state index >= 15 is 0 Å². The molecule has 0 saturated heterocycles. The largest absolute Gasteiger partial charge is 0.494 e. The summed E-state index contributed by atoms with van der Waals surface area (Å²) in [6.45, 7) is 4.92. The molecule has 0 saturated carbocycles. The molecule has 0 aromatic heterocycles. The Morgan fingerprint density at radius 1 is 1.05 bits per heavy atom. The van der Waals surface area contributed by atoms with Crippen LogP contribution < -0.4 is 10.5 Å². The molecule has 0 amide bonds. The molecule has 2 aromatic carbocycles. The van der Waals surface area contributed by atoms with E-state index in [1.54, 1.807) is 0 Å². The summed E-state index contributed by atoms with van der Waals surface area (Å²) in [6, 6.07) is 16.6. The average molecular weight is 269 g/mol. The zero-order valence-electron chi connectivity index (χ0n) is 12.3. The van der Waals surface area contributed by atoms with E-state index < -0.39 is 0 Å². The minimum absolute atomic E-state index is 0.138. The Hall–Kier alpha value is -1.80. The van der Waals surface area contributed by atoms with Crippen LogP contribution >= 0.6 is 0 Å². The molecule has 20 heavy (non-hydrogen) atoms. The zero-order chi connectivity index (χ0) is 14.4. The van der Waals surface area contributed by atoms with E-state index in [-0.39, 0.29) is 6.04 Å². The van der Waals surface area contributed by atoms with E-state index in [0.717, 1.165) is 18.6 Å². The van der Waals surface area contributed by atoms with Gasteiger partial charge in [-0.2, -0.15) is 0 Å². The number of aryl methyl sites for hydroxylation is 2. The number of hydrogen-bond acceptors (Lipinski definition) is 2. The van der Waals surface area contributed by atoms with Crippen LogP contribution in [0.15, 0.2) is 48.5 Å². The first-order valence-corrected chi connectivity index (χ1v) is 7.14. The molecule has 0 aliphatic rings. The summed E-state index contributed by atoms with van der Waals surface area (Å²) in [4.78, 5) is 0. The molecule has 2 nitrogen and oxygen atoms in total. The Labute approximate surface area is 121 Å². The lowest BCUT2D eigenvalue weighted by Gasteiger charge is -2.14. The van der Waals surface area contributed by atoms with Gasteiger partial charge >= 0.3 is 0 Å². The van der Waals surface area contributed by atoms with Gasteiger partial charge in [-0.3, -0.25) is 0 Å². The topological polar surface area (TPSA) is 35.2 Å². The first kappa shape index (κ1) is 14.6. The summed E-state index contributed by atoms with van der Waals surface area (Å²) in [7, 11) is 0. The van der Waals surface area contributed by atoms with Crippen LogP contribution in [-0.4, -0.2) is 12.6 Å². The van der Waals surface area contributed by atoms with Crippen LogP contribution in [0.4, 0.5) is 0 Å². The number of para-hydroxylation sites is 1. The highest BCUT2D eigenvalue weighted by molar-refractivity contribution is 5.31. The highest BCUT2D eigenvalue weighted by atomic mass is 16.5. The smallest absolute Gasteiger partial charge is 0.119 e. The Morgan fingerprint density at radius 3 is 2.55 bits per heavy atom. The SMILES string of the molecule is Cc1ccc(C)c(CC(N)CCOc2ccccc2)c1. The van der Waals surface area contributed by atoms with Gasteiger partial charge in [-0.05, 0) is 49.9 Å². The van der Waals surface area contributed by atoms with Gasteiger partial charge in [-0.15, -0.1) is 0 Å². The quantitative estimate of drug-likeness (QED) is 0.869. The molecular formula is C18H23NO. The van der Waals surface area contributed by atoms with E-state index in [9.17, 15) is 0 Å². The minimum atomic E-state index is 0.138. The summed E-state index contributed by atoms with van der Waals surface area (Å²) in [5.74, 6) is 0.909. The second-order valence-electron chi connectivity index (χ2n) is 5.34. The van der Waals surface area contributed by atoms with Gasteiger partial charge in [0.1, 0.15) is 5.75 Å². The maximum absolute atomic E-state index is 6.21. The average Bonchev–Trinajstić information content (AvgIpc) is 2.44. The maximum Gasteiger partial charge on any atom is 0.119 e. The molecule has 2 N–H and O–H groups in total. The lowest BCUT2D eigenvalue weighted by Crippen LogP contribution is -2.25. The van der Waals surface area contributed by atoms with Crippen molar-refractivity contribution in [2.75, 3.05) is 6.61 Å². The molecule has 0 spiro atoms. The van der Waals surface area contributed by atoms with Crippen LogP contribution in [0.25, 0.3) is 0 Å². The van der Waals surface area contributed by atoms with Crippen molar-refractivity contribution in [2.24, 2.45) is 5.73 Å². The van der Waals surface area contributed by atoms with Crippen molar-refractivity contribution < 1.29 is 4.74 Å². The number of hydrogen-bond donors (Lipinski definition) is 1. The van der Waals surface area contributed by atoms with E-state index in [4.69, 9.17) is 10.5 Å². The lowest BCUT2D eigenvalue weighted by molar-refractivity contribution is 0.297. The second kappa shape index (κ2) is 7.11. The van der Waals surface area contributed by atoms with Gasteiger partial charge in [0, 0.05) is 6.04 Å². The van der Waals surface area contributed by atoms with E-state index in [2.05, 4.69) is 32.0 Å². The van der Waals surface area contributed by atoms with Gasteiger partial charge in [-0.1, -0.05) is 42.0 Å². The number of ether oxygens (including phenoxy) is 1. The lowest BCUT2D eigenvalue weighted by atomic mass is 9.98. The standard InChI is InChI=1S/C18H23NO/c1-14-8-9-15(2)16(12-14)13-17(19)10-11-20-18-6-4-3-5-7-18/h3-9,12,17H,10-11,13,19H2,1-2H3. The monoisotopic (exact) mass is 269 g/mol. The van der Waals surface area contributed by atoms with Crippen molar-refractivity contribution in [3.63, 3.8) is 0 Å². The fourth-order valence-corrected chi connectivity index (χ4v) is 2.25. The third kappa shape index (κ3) is 4.39. The van der Waals surface area contributed by atoms with Crippen LogP contribution in [-0.2, 0) is 6.42 Å². The van der Waals surface area contributed by atoms with Gasteiger partial charge in [0.2, 0.25) is 0 Å². The van der Waals surface area contributed by atoms with Crippen molar-refractivity contribution in [2.45, 2.75) is 32.7 Å². The molecule has 0 bridgehead atoms. The Morgan fingerprint density at radius 2 is 1.80 bits per heavy atom. The van der Waals surface area contributed by atoms with Gasteiger partial charge in [0.05, 0.1) is 6.61 Å². The van der Waals surface area contributed by atoms with Crippen LogP contribution in [0.5, 0.6) is 5.75 Å². The first-order valence-electron chi connectivity index (χ1n) is 7.14. The molecule has 2 rings (SSSR count). The third-order valence-corrected chi connectivity index (χ3v) is 3.49. The predicted molar refractivity (Wildman–Crippen MR) is 84.1 cm³/mol. The highest BCUT2D eigenvalue weighted by Gasteiger charge is 2.07. The van der Waals surface area contributed by atoms with E-state index in [1.165, 1.54) is 16.7 Å². The summed E-state index contributed by atoms with van der Waals surface area (Å²) in [5.41, 5.74) is 10.2. The van der Waals surface area contributed by atoms with E-state index in [1.807, 2.05) is 30.3 Å². The van der Waals surface area contributed by atoms with Crippen LogP contribution in [0.3, 0.4) is 0 Å².